The highest BCUT2D eigenvalue weighted by Gasteiger charge is 2.34. The van der Waals surface area contributed by atoms with Crippen LogP contribution in [-0.2, 0) is 4.79 Å². The number of likely N-dealkylation sites (tertiary alicyclic amines) is 1. The van der Waals surface area contributed by atoms with Gasteiger partial charge in [0.1, 0.15) is 17.8 Å². The quantitative estimate of drug-likeness (QED) is 0.759. The first-order valence-electron chi connectivity index (χ1n) is 10.2. The Morgan fingerprint density at radius 2 is 2.13 bits per heavy atom. The third-order valence-electron chi connectivity index (χ3n) is 6.11. The highest BCUT2D eigenvalue weighted by atomic mass is 32.2. The number of aromatic amines is 1. The largest absolute Gasteiger partial charge is 0.387 e. The van der Waals surface area contributed by atoms with Crippen molar-refractivity contribution in [3.63, 3.8) is 0 Å². The normalized spacial score (nSPS) is 22.7. The van der Waals surface area contributed by atoms with Crippen LogP contribution in [0.5, 0.6) is 0 Å². The van der Waals surface area contributed by atoms with Crippen molar-refractivity contribution in [3.05, 3.63) is 58.2 Å². The maximum Gasteiger partial charge on any atom is 0.248 e. The molecular formula is C22H27FN4O2S. The van der Waals surface area contributed by atoms with Crippen LogP contribution in [0.15, 0.2) is 41.2 Å². The van der Waals surface area contributed by atoms with E-state index < -0.39 is 6.61 Å². The molecule has 1 unspecified atom stereocenters. The average molecular weight is 431 g/mol. The number of rotatable bonds is 4. The summed E-state index contributed by atoms with van der Waals surface area (Å²) in [5, 5.41) is 19.4. The molecule has 1 aliphatic carbocycles. The Balaban J connectivity index is 1.67. The van der Waals surface area contributed by atoms with Crippen LogP contribution in [0.3, 0.4) is 0 Å². The fraction of sp³-hybridized carbons (Fsp3) is 0.455. The van der Waals surface area contributed by atoms with E-state index in [0.717, 1.165) is 35.4 Å². The van der Waals surface area contributed by atoms with Crippen molar-refractivity contribution in [2.24, 2.45) is 0 Å². The molecule has 2 aliphatic heterocycles. The molecule has 0 saturated carbocycles. The zero-order valence-corrected chi connectivity index (χ0v) is 18.1. The number of H-pyrrole nitrogens is 1. The van der Waals surface area contributed by atoms with E-state index in [1.165, 1.54) is 17.8 Å². The van der Waals surface area contributed by atoms with Crippen molar-refractivity contribution in [2.45, 2.75) is 37.5 Å². The van der Waals surface area contributed by atoms with E-state index in [9.17, 15) is 9.18 Å². The van der Waals surface area contributed by atoms with Crippen LogP contribution >= 0.6 is 11.8 Å². The van der Waals surface area contributed by atoms with E-state index in [1.54, 1.807) is 16.7 Å². The van der Waals surface area contributed by atoms with Crippen molar-refractivity contribution in [1.29, 1.82) is 0 Å². The molecule has 3 aliphatic rings. The van der Waals surface area contributed by atoms with Gasteiger partial charge in [-0.15, -0.1) is 11.8 Å². The van der Waals surface area contributed by atoms with Crippen molar-refractivity contribution in [1.82, 2.24) is 20.0 Å². The van der Waals surface area contributed by atoms with Crippen LogP contribution < -0.4 is 0 Å². The second kappa shape index (κ2) is 8.81. The van der Waals surface area contributed by atoms with Crippen LogP contribution in [0.1, 0.15) is 54.4 Å². The van der Waals surface area contributed by atoms with Crippen molar-refractivity contribution < 1.29 is 14.3 Å². The molecule has 1 aromatic heterocycles. The molecule has 3 heterocycles. The third kappa shape index (κ3) is 3.98. The number of nitrogens with one attached hydrogen (secondary N) is 1. The molecular weight excluding hydrogens is 403 g/mol. The maximum atomic E-state index is 13.7. The number of halogens is 1. The first-order chi connectivity index (χ1) is 14.5. The van der Waals surface area contributed by atoms with Crippen LogP contribution in [0, 0.1) is 0 Å². The number of aromatic nitrogens is 2. The number of aliphatic hydroxyl groups is 1. The number of hydrogen-bond acceptors (Lipinski definition) is 5. The van der Waals surface area contributed by atoms with E-state index >= 15 is 0 Å². The summed E-state index contributed by atoms with van der Waals surface area (Å²) in [5.74, 6) is -0.213. The number of thioether (sulfide) groups is 1. The van der Waals surface area contributed by atoms with Gasteiger partial charge in [-0.3, -0.25) is 9.89 Å². The minimum absolute atomic E-state index is 0.104. The van der Waals surface area contributed by atoms with E-state index in [0.29, 0.717) is 19.5 Å². The first-order valence-corrected chi connectivity index (χ1v) is 11.2. The minimum Gasteiger partial charge on any atom is -0.387 e. The second-order valence-corrected chi connectivity index (χ2v) is 8.88. The summed E-state index contributed by atoms with van der Waals surface area (Å²) >= 11 is 1.76. The number of hydrogen-bond donors (Lipinski definition) is 2. The number of aliphatic hydroxyl groups excluding tert-OH is 1. The molecule has 8 heteroatoms. The van der Waals surface area contributed by atoms with Gasteiger partial charge in [0.05, 0.1) is 5.69 Å². The molecule has 160 valence electrons. The van der Waals surface area contributed by atoms with Gasteiger partial charge in [0, 0.05) is 43.0 Å². The Hall–Kier alpha value is -2.32. The molecule has 1 amide bonds. The number of carbonyl (C=O) groups is 1. The maximum absolute atomic E-state index is 13.7. The van der Waals surface area contributed by atoms with Gasteiger partial charge in [-0.1, -0.05) is 12.2 Å². The molecule has 1 fully saturated rings. The van der Waals surface area contributed by atoms with Crippen molar-refractivity contribution in [2.75, 3.05) is 26.7 Å². The Morgan fingerprint density at radius 3 is 2.80 bits per heavy atom. The van der Waals surface area contributed by atoms with Gasteiger partial charge in [-0.2, -0.15) is 5.10 Å². The Labute approximate surface area is 180 Å². The topological polar surface area (TPSA) is 72.5 Å². The first kappa shape index (κ1) is 20.9. The predicted octanol–water partition coefficient (Wildman–Crippen LogP) is 3.84. The second-order valence-electron chi connectivity index (χ2n) is 7.92. The van der Waals surface area contributed by atoms with Gasteiger partial charge in [-0.05, 0) is 49.3 Å². The molecule has 1 atom stereocenters. The Kier molecular flexibility index (Phi) is 6.15. The molecule has 1 saturated heterocycles. The summed E-state index contributed by atoms with van der Waals surface area (Å²) in [6, 6.07) is 0. The summed E-state index contributed by atoms with van der Waals surface area (Å²) in [6.07, 6.45) is 8.90. The van der Waals surface area contributed by atoms with Gasteiger partial charge in [0.15, 0.2) is 0 Å². The Bertz CT molecular complexity index is 941. The fourth-order valence-corrected chi connectivity index (χ4v) is 5.47. The summed E-state index contributed by atoms with van der Waals surface area (Å²) in [5.41, 5.74) is 5.34. The van der Waals surface area contributed by atoms with Crippen LogP contribution in [0.2, 0.25) is 0 Å². The van der Waals surface area contributed by atoms with Crippen LogP contribution in [-0.4, -0.2) is 57.8 Å². The lowest BCUT2D eigenvalue weighted by Crippen LogP contribution is -2.39. The molecule has 4 rings (SSSR count). The number of piperidine rings is 1. The number of nitrogens with zero attached hydrogens (tertiary/aromatic N) is 3. The Morgan fingerprint density at radius 1 is 1.37 bits per heavy atom. The highest BCUT2D eigenvalue weighted by molar-refractivity contribution is 8.02. The summed E-state index contributed by atoms with van der Waals surface area (Å²) in [7, 11) is 2.08. The molecule has 1 aromatic rings. The summed E-state index contributed by atoms with van der Waals surface area (Å²) in [6.45, 7) is 2.91. The number of amides is 1. The minimum atomic E-state index is -0.440. The lowest BCUT2D eigenvalue weighted by molar-refractivity contribution is -0.135. The molecule has 2 N–H and O–H groups in total. The van der Waals surface area contributed by atoms with Crippen LogP contribution in [0.25, 0.3) is 5.57 Å². The molecule has 0 bridgehead atoms. The average Bonchev–Trinajstić information content (AvgIpc) is 3.25. The van der Waals surface area contributed by atoms with E-state index in [-0.39, 0.29) is 23.0 Å². The summed E-state index contributed by atoms with van der Waals surface area (Å²) < 4.78 is 13.7. The molecule has 6 nitrogen and oxygen atoms in total. The predicted molar refractivity (Wildman–Crippen MR) is 117 cm³/mol. The van der Waals surface area contributed by atoms with Crippen LogP contribution in [0.4, 0.5) is 4.39 Å². The third-order valence-corrected chi connectivity index (χ3v) is 7.40. The molecule has 0 aromatic carbocycles. The van der Waals surface area contributed by atoms with Gasteiger partial charge >= 0.3 is 0 Å². The highest BCUT2D eigenvalue weighted by Crippen LogP contribution is 2.47. The number of allylic oxidation sites excluding steroid dienone is 7. The van der Waals surface area contributed by atoms with E-state index in [2.05, 4.69) is 29.4 Å². The lowest BCUT2D eigenvalue weighted by atomic mass is 9.89. The molecule has 30 heavy (non-hydrogen) atoms. The lowest BCUT2D eigenvalue weighted by Gasteiger charge is -2.33. The smallest absolute Gasteiger partial charge is 0.248 e. The van der Waals surface area contributed by atoms with E-state index in [4.69, 9.17) is 10.2 Å². The standard InChI is InChI=1S/C22H27FN4O2S/c1-14-13-30-22(26(14)2)19-20(15-4-3-5-17(23)7-6-15)24-25-21(19)16-8-10-27(11-9-16)18(29)12-28/h3,5-7,13,16,22,28H,4,8-12H2,1-2H3,(H,24,25). The SMILES string of the molecule is CC1=CSC(c2c(C3=CC=C(F)C=CC3)n[nH]c2C2CCN(C(=O)CO)CC2)N1C. The van der Waals surface area contributed by atoms with Gasteiger partial charge < -0.3 is 14.9 Å². The fourth-order valence-electron chi connectivity index (χ4n) is 4.25. The molecule has 0 radical (unpaired) electrons. The zero-order valence-electron chi connectivity index (χ0n) is 17.3. The van der Waals surface area contributed by atoms with Gasteiger partial charge in [0.2, 0.25) is 5.91 Å². The monoisotopic (exact) mass is 430 g/mol. The van der Waals surface area contributed by atoms with Crippen molar-refractivity contribution in [3.8, 4) is 0 Å². The summed E-state index contributed by atoms with van der Waals surface area (Å²) in [4.78, 5) is 15.8. The van der Waals surface area contributed by atoms with Gasteiger partial charge in [0.25, 0.3) is 0 Å². The number of carbonyl (C=O) groups excluding carboxylic acids is 1. The van der Waals surface area contributed by atoms with Gasteiger partial charge in [-0.25, -0.2) is 4.39 Å². The zero-order chi connectivity index (χ0) is 21.3. The molecule has 0 spiro atoms. The van der Waals surface area contributed by atoms with Crippen molar-refractivity contribution >= 4 is 23.2 Å². The van der Waals surface area contributed by atoms with E-state index in [1.807, 2.05) is 12.2 Å².